The fourth-order valence-electron chi connectivity index (χ4n) is 4.46. The van der Waals surface area contributed by atoms with E-state index < -0.39 is 0 Å². The molecule has 1 fully saturated rings. The molecule has 4 rings (SSSR count). The summed E-state index contributed by atoms with van der Waals surface area (Å²) in [4.78, 5) is 27.9. The van der Waals surface area contributed by atoms with Gasteiger partial charge in [0.25, 0.3) is 5.56 Å². The summed E-state index contributed by atoms with van der Waals surface area (Å²) in [5.74, 6) is -0.498. The number of hydrogen-bond acceptors (Lipinski definition) is 4. The molecule has 7 heteroatoms. The van der Waals surface area contributed by atoms with Crippen molar-refractivity contribution >= 4 is 12.0 Å². The molecule has 0 spiro atoms. The van der Waals surface area contributed by atoms with E-state index in [1.54, 1.807) is 0 Å². The van der Waals surface area contributed by atoms with E-state index >= 15 is 0 Å². The first-order chi connectivity index (χ1) is 13.4. The Hall–Kier alpha value is -2.83. The molecule has 7 nitrogen and oxygen atoms in total. The maximum atomic E-state index is 13.0. The summed E-state index contributed by atoms with van der Waals surface area (Å²) in [6.45, 7) is 3.93. The van der Waals surface area contributed by atoms with Crippen molar-refractivity contribution in [1.82, 2.24) is 20.1 Å². The van der Waals surface area contributed by atoms with Gasteiger partial charge in [0.05, 0.1) is 23.9 Å². The topological polar surface area (TPSA) is 106 Å². The molecule has 2 aliphatic carbocycles. The molecule has 2 aliphatic rings. The van der Waals surface area contributed by atoms with Gasteiger partial charge in [-0.3, -0.25) is 14.3 Å². The minimum absolute atomic E-state index is 0.123. The summed E-state index contributed by atoms with van der Waals surface area (Å²) >= 11 is 0. The maximum absolute atomic E-state index is 13.0. The first-order valence-electron chi connectivity index (χ1n) is 9.94. The molecule has 0 aromatic carbocycles. The number of pyridine rings is 1. The van der Waals surface area contributed by atoms with Crippen LogP contribution in [0.1, 0.15) is 72.1 Å². The Morgan fingerprint density at radius 2 is 2.11 bits per heavy atom. The molecule has 2 aromatic rings. The number of fused-ring (bicyclic) bond motifs is 1. The number of aromatic amines is 1. The van der Waals surface area contributed by atoms with Gasteiger partial charge in [0.1, 0.15) is 0 Å². The lowest BCUT2D eigenvalue weighted by atomic mass is 9.88. The summed E-state index contributed by atoms with van der Waals surface area (Å²) in [5, 5.41) is 7.52. The van der Waals surface area contributed by atoms with Crippen molar-refractivity contribution < 1.29 is 4.79 Å². The smallest absolute Gasteiger partial charge is 0.253 e. The van der Waals surface area contributed by atoms with Gasteiger partial charge in [0.2, 0.25) is 5.91 Å². The van der Waals surface area contributed by atoms with E-state index in [4.69, 9.17) is 5.73 Å². The predicted octanol–water partition coefficient (Wildman–Crippen LogP) is 2.41. The van der Waals surface area contributed by atoms with Crippen LogP contribution in [-0.2, 0) is 11.3 Å². The highest BCUT2D eigenvalue weighted by Gasteiger charge is 2.31. The Balaban J connectivity index is 1.55. The van der Waals surface area contributed by atoms with Crippen molar-refractivity contribution in [3.05, 3.63) is 56.4 Å². The molecule has 2 aromatic heterocycles. The first kappa shape index (κ1) is 18.5. The van der Waals surface area contributed by atoms with E-state index in [1.165, 1.54) is 12.8 Å². The van der Waals surface area contributed by atoms with E-state index in [0.29, 0.717) is 23.7 Å². The van der Waals surface area contributed by atoms with Gasteiger partial charge in [0, 0.05) is 35.5 Å². The summed E-state index contributed by atoms with van der Waals surface area (Å²) < 4.78 is 2.05. The number of allylic oxidation sites excluding steroid dienone is 1. The molecule has 0 aliphatic heterocycles. The van der Waals surface area contributed by atoms with Crippen LogP contribution >= 0.6 is 0 Å². The van der Waals surface area contributed by atoms with E-state index in [2.05, 4.69) is 15.4 Å². The van der Waals surface area contributed by atoms with Crippen LogP contribution in [0, 0.1) is 13.8 Å². The van der Waals surface area contributed by atoms with Crippen LogP contribution in [0.3, 0.4) is 0 Å². The van der Waals surface area contributed by atoms with Gasteiger partial charge in [-0.2, -0.15) is 5.10 Å². The number of aromatic nitrogens is 3. The van der Waals surface area contributed by atoms with Crippen LogP contribution in [0.5, 0.6) is 0 Å². The number of carbonyl (C=O) groups is 1. The maximum Gasteiger partial charge on any atom is 0.253 e. The van der Waals surface area contributed by atoms with Crippen LogP contribution in [-0.4, -0.2) is 20.7 Å². The van der Waals surface area contributed by atoms with Crippen molar-refractivity contribution in [3.63, 3.8) is 0 Å². The molecule has 1 saturated carbocycles. The van der Waals surface area contributed by atoms with E-state index in [1.807, 2.05) is 36.9 Å². The molecule has 1 unspecified atom stereocenters. The largest absolute Gasteiger partial charge is 0.402 e. The zero-order chi connectivity index (χ0) is 19.8. The van der Waals surface area contributed by atoms with Crippen molar-refractivity contribution in [2.24, 2.45) is 5.73 Å². The molecule has 148 valence electrons. The van der Waals surface area contributed by atoms with Crippen molar-refractivity contribution in [1.29, 1.82) is 0 Å². The predicted molar refractivity (Wildman–Crippen MR) is 108 cm³/mol. The average Bonchev–Trinajstić information content (AvgIpc) is 3.28. The Labute approximate surface area is 164 Å². The zero-order valence-corrected chi connectivity index (χ0v) is 16.4. The summed E-state index contributed by atoms with van der Waals surface area (Å²) in [5.41, 5.74) is 10.8. The van der Waals surface area contributed by atoms with Gasteiger partial charge in [-0.25, -0.2) is 0 Å². The lowest BCUT2D eigenvalue weighted by molar-refractivity contribution is -0.122. The number of aryl methyl sites for hydroxylation is 2. The van der Waals surface area contributed by atoms with Gasteiger partial charge < -0.3 is 16.0 Å². The highest BCUT2D eigenvalue weighted by Crippen LogP contribution is 2.37. The molecule has 0 saturated heterocycles. The number of carbonyl (C=O) groups excluding carboxylic acids is 1. The number of rotatable bonds is 4. The van der Waals surface area contributed by atoms with Gasteiger partial charge in [-0.15, -0.1) is 0 Å². The van der Waals surface area contributed by atoms with E-state index in [-0.39, 0.29) is 23.9 Å². The van der Waals surface area contributed by atoms with Gasteiger partial charge in [-0.05, 0) is 44.4 Å². The second kappa shape index (κ2) is 7.30. The Morgan fingerprint density at radius 1 is 1.36 bits per heavy atom. The van der Waals surface area contributed by atoms with Crippen molar-refractivity contribution in [3.8, 4) is 0 Å². The number of H-pyrrole nitrogens is 1. The Morgan fingerprint density at radius 3 is 2.82 bits per heavy atom. The van der Waals surface area contributed by atoms with Crippen LogP contribution in [0.2, 0.25) is 0 Å². The molecular weight excluding hydrogens is 354 g/mol. The third-order valence-electron chi connectivity index (χ3n) is 5.92. The fourth-order valence-corrected chi connectivity index (χ4v) is 4.46. The lowest BCUT2D eigenvalue weighted by Crippen LogP contribution is -2.33. The van der Waals surface area contributed by atoms with Crippen molar-refractivity contribution in [2.75, 3.05) is 0 Å². The first-order valence-corrected chi connectivity index (χ1v) is 9.94. The number of nitrogens with zero attached hydrogens (tertiary/aromatic N) is 2. The molecule has 0 bridgehead atoms. The number of nitrogens with two attached hydrogens (primary N) is 1. The van der Waals surface area contributed by atoms with Gasteiger partial charge >= 0.3 is 0 Å². The Bertz CT molecular complexity index is 995. The molecular formula is C21H27N5O2. The summed E-state index contributed by atoms with van der Waals surface area (Å²) in [6.07, 6.45) is 8.91. The molecule has 0 radical (unpaired) electrons. The second-order valence-corrected chi connectivity index (χ2v) is 8.00. The van der Waals surface area contributed by atoms with Gasteiger partial charge in [0.15, 0.2) is 0 Å². The second-order valence-electron chi connectivity index (χ2n) is 8.00. The zero-order valence-electron chi connectivity index (χ0n) is 16.4. The SMILES string of the molecule is Cc1cc(C)c(CNC(=O)C2CC(N)=Cc3c2cnn3C2CCCC2)c(=O)[nH]1. The van der Waals surface area contributed by atoms with Crippen LogP contribution < -0.4 is 16.6 Å². The Kier molecular flexibility index (Phi) is 4.83. The monoisotopic (exact) mass is 381 g/mol. The van der Waals surface area contributed by atoms with Crippen LogP contribution in [0.15, 0.2) is 22.8 Å². The molecule has 1 amide bonds. The van der Waals surface area contributed by atoms with Crippen LogP contribution in [0.25, 0.3) is 6.08 Å². The van der Waals surface area contributed by atoms with Crippen LogP contribution in [0.4, 0.5) is 0 Å². The summed E-state index contributed by atoms with van der Waals surface area (Å²) in [6, 6.07) is 2.30. The average molecular weight is 381 g/mol. The molecule has 4 N–H and O–H groups in total. The number of nitrogens with one attached hydrogen (secondary N) is 2. The third kappa shape index (κ3) is 3.37. The summed E-state index contributed by atoms with van der Waals surface area (Å²) in [7, 11) is 0. The lowest BCUT2D eigenvalue weighted by Gasteiger charge is -2.23. The molecule has 2 heterocycles. The van der Waals surface area contributed by atoms with Crippen molar-refractivity contribution in [2.45, 2.75) is 64.5 Å². The third-order valence-corrected chi connectivity index (χ3v) is 5.92. The number of amides is 1. The minimum atomic E-state index is -0.375. The standard InChI is InChI=1S/C21H27N5O2/c1-12-7-13(2)25-21(28)17(12)10-23-20(27)16-8-14(22)9-19-18(16)11-24-26(19)15-5-3-4-6-15/h7,9,11,15-16H,3-6,8,10,22H2,1-2H3,(H,23,27)(H,25,28). The van der Waals surface area contributed by atoms with Gasteiger partial charge in [-0.1, -0.05) is 12.8 Å². The quantitative estimate of drug-likeness (QED) is 0.756. The molecule has 28 heavy (non-hydrogen) atoms. The highest BCUT2D eigenvalue weighted by atomic mass is 16.2. The highest BCUT2D eigenvalue weighted by molar-refractivity contribution is 5.86. The van der Waals surface area contributed by atoms with E-state index in [0.717, 1.165) is 35.4 Å². The van der Waals surface area contributed by atoms with E-state index in [9.17, 15) is 9.59 Å². The minimum Gasteiger partial charge on any atom is -0.402 e. The number of hydrogen-bond donors (Lipinski definition) is 3. The fraction of sp³-hybridized carbons (Fsp3) is 0.476. The molecule has 1 atom stereocenters. The normalized spacial score (nSPS) is 19.4.